The predicted octanol–water partition coefficient (Wildman–Crippen LogP) is 3.20. The summed E-state index contributed by atoms with van der Waals surface area (Å²) in [5.74, 6) is -0.986. The van der Waals surface area contributed by atoms with Crippen LogP contribution < -0.4 is 10.6 Å². The van der Waals surface area contributed by atoms with Crippen LogP contribution in [0.3, 0.4) is 0 Å². The molecule has 0 spiro atoms. The summed E-state index contributed by atoms with van der Waals surface area (Å²) < 4.78 is 0. The molecule has 2 aromatic rings. The van der Waals surface area contributed by atoms with Crippen molar-refractivity contribution in [2.45, 2.75) is 32.4 Å². The van der Waals surface area contributed by atoms with Gasteiger partial charge in [0.2, 0.25) is 0 Å². The van der Waals surface area contributed by atoms with Gasteiger partial charge in [0.1, 0.15) is 0 Å². The Bertz CT molecular complexity index is 782. The van der Waals surface area contributed by atoms with Crippen molar-refractivity contribution in [2.75, 3.05) is 5.32 Å². The zero-order valence-electron chi connectivity index (χ0n) is 13.5. The molecule has 0 bridgehead atoms. The van der Waals surface area contributed by atoms with E-state index in [0.29, 0.717) is 18.2 Å². The fraction of sp³-hybridized carbons (Fsp3) is 0.263. The van der Waals surface area contributed by atoms with Gasteiger partial charge in [-0.25, -0.2) is 4.79 Å². The topological polar surface area (TPSA) is 78.4 Å². The molecule has 5 heteroatoms. The van der Waals surface area contributed by atoms with Crippen LogP contribution in [0.1, 0.15) is 44.7 Å². The van der Waals surface area contributed by atoms with E-state index in [1.165, 1.54) is 0 Å². The molecule has 2 aromatic carbocycles. The first-order valence-corrected chi connectivity index (χ1v) is 8.00. The van der Waals surface area contributed by atoms with E-state index in [0.717, 1.165) is 29.7 Å². The van der Waals surface area contributed by atoms with E-state index in [9.17, 15) is 9.59 Å². The predicted molar refractivity (Wildman–Crippen MR) is 92.4 cm³/mol. The molecule has 24 heavy (non-hydrogen) atoms. The second-order valence-electron chi connectivity index (χ2n) is 6.14. The highest BCUT2D eigenvalue weighted by molar-refractivity contribution is 5.95. The molecule has 1 amide bonds. The van der Waals surface area contributed by atoms with Crippen molar-refractivity contribution in [3.63, 3.8) is 0 Å². The van der Waals surface area contributed by atoms with Gasteiger partial charge in [-0.05, 0) is 55.2 Å². The Morgan fingerprint density at radius 3 is 2.62 bits per heavy atom. The highest BCUT2D eigenvalue weighted by Crippen LogP contribution is 2.22. The van der Waals surface area contributed by atoms with Gasteiger partial charge in [0.05, 0.1) is 5.56 Å². The summed E-state index contributed by atoms with van der Waals surface area (Å²) in [6.45, 7) is 2.47. The summed E-state index contributed by atoms with van der Waals surface area (Å²) >= 11 is 0. The molecule has 3 N–H and O–H groups in total. The van der Waals surface area contributed by atoms with Gasteiger partial charge in [-0.3, -0.25) is 4.79 Å². The van der Waals surface area contributed by atoms with Crippen LogP contribution in [0.25, 0.3) is 0 Å². The maximum atomic E-state index is 12.1. The highest BCUT2D eigenvalue weighted by Gasteiger charge is 2.23. The number of anilines is 1. The van der Waals surface area contributed by atoms with Crippen molar-refractivity contribution >= 4 is 17.6 Å². The molecular formula is C19H20N2O3. The fourth-order valence-electron chi connectivity index (χ4n) is 2.46. The lowest BCUT2D eigenvalue weighted by Crippen LogP contribution is -2.25. The quantitative estimate of drug-likeness (QED) is 0.762. The average molecular weight is 324 g/mol. The molecule has 0 radical (unpaired) electrons. The number of aryl methyl sites for hydroxylation is 1. The van der Waals surface area contributed by atoms with Crippen molar-refractivity contribution in [3.05, 3.63) is 64.7 Å². The molecule has 5 nitrogen and oxygen atoms in total. The first-order chi connectivity index (χ1) is 11.5. The summed E-state index contributed by atoms with van der Waals surface area (Å²) in [5.41, 5.74) is 3.69. The summed E-state index contributed by atoms with van der Waals surface area (Å²) in [7, 11) is 0. The van der Waals surface area contributed by atoms with Gasteiger partial charge >= 0.3 is 5.97 Å². The second kappa shape index (κ2) is 6.74. The van der Waals surface area contributed by atoms with E-state index in [1.807, 2.05) is 31.2 Å². The summed E-state index contributed by atoms with van der Waals surface area (Å²) in [5, 5.41) is 15.3. The molecular weight excluding hydrogens is 304 g/mol. The van der Waals surface area contributed by atoms with Crippen LogP contribution in [0.2, 0.25) is 0 Å². The van der Waals surface area contributed by atoms with Gasteiger partial charge in [-0.1, -0.05) is 18.2 Å². The summed E-state index contributed by atoms with van der Waals surface area (Å²) in [6, 6.07) is 12.7. The van der Waals surface area contributed by atoms with Crippen molar-refractivity contribution in [1.29, 1.82) is 0 Å². The number of rotatable bonds is 6. The third-order valence-corrected chi connectivity index (χ3v) is 4.07. The smallest absolute Gasteiger partial charge is 0.335 e. The maximum absolute atomic E-state index is 12.1. The Hall–Kier alpha value is -2.82. The average Bonchev–Trinajstić information content (AvgIpc) is 3.38. The van der Waals surface area contributed by atoms with Crippen molar-refractivity contribution in [1.82, 2.24) is 5.32 Å². The van der Waals surface area contributed by atoms with E-state index in [1.54, 1.807) is 18.2 Å². The van der Waals surface area contributed by atoms with Gasteiger partial charge in [-0.15, -0.1) is 0 Å². The minimum absolute atomic E-state index is 0.0478. The standard InChI is InChI=1S/C19H20N2O3/c1-12-5-6-14(18(22)21-16-7-8-16)10-17(12)20-11-13-3-2-4-15(9-13)19(23)24/h2-6,9-10,16,20H,7-8,11H2,1H3,(H,21,22)(H,23,24). The maximum Gasteiger partial charge on any atom is 0.335 e. The van der Waals surface area contributed by atoms with Crippen molar-refractivity contribution in [2.24, 2.45) is 0 Å². The van der Waals surface area contributed by atoms with Gasteiger partial charge in [0.15, 0.2) is 0 Å². The fourth-order valence-corrected chi connectivity index (χ4v) is 2.46. The van der Waals surface area contributed by atoms with Gasteiger partial charge in [0, 0.05) is 23.8 Å². The lowest BCUT2D eigenvalue weighted by molar-refractivity contribution is 0.0696. The molecule has 0 heterocycles. The van der Waals surface area contributed by atoms with E-state index in [2.05, 4.69) is 10.6 Å². The number of hydrogen-bond donors (Lipinski definition) is 3. The first-order valence-electron chi connectivity index (χ1n) is 8.00. The SMILES string of the molecule is Cc1ccc(C(=O)NC2CC2)cc1NCc1cccc(C(=O)O)c1. The van der Waals surface area contributed by atoms with E-state index >= 15 is 0 Å². The third kappa shape index (κ3) is 3.93. The molecule has 1 aliphatic carbocycles. The Morgan fingerprint density at radius 2 is 1.92 bits per heavy atom. The lowest BCUT2D eigenvalue weighted by Gasteiger charge is -2.12. The number of aromatic carboxylic acids is 1. The number of carboxylic acids is 1. The molecule has 124 valence electrons. The van der Waals surface area contributed by atoms with E-state index in [-0.39, 0.29) is 11.5 Å². The van der Waals surface area contributed by atoms with Crippen molar-refractivity contribution < 1.29 is 14.7 Å². The number of carbonyl (C=O) groups excluding carboxylic acids is 1. The second-order valence-corrected chi connectivity index (χ2v) is 6.14. The van der Waals surface area contributed by atoms with Crippen LogP contribution in [0.5, 0.6) is 0 Å². The molecule has 0 aliphatic heterocycles. The first kappa shape index (κ1) is 16.1. The zero-order chi connectivity index (χ0) is 17.1. The van der Waals surface area contributed by atoms with Crippen LogP contribution in [-0.2, 0) is 6.54 Å². The lowest BCUT2D eigenvalue weighted by atomic mass is 10.1. The molecule has 3 rings (SSSR count). The number of hydrogen-bond acceptors (Lipinski definition) is 3. The van der Waals surface area contributed by atoms with Crippen LogP contribution in [-0.4, -0.2) is 23.0 Å². The van der Waals surface area contributed by atoms with Gasteiger partial charge in [-0.2, -0.15) is 0 Å². The molecule has 1 fully saturated rings. The monoisotopic (exact) mass is 324 g/mol. The van der Waals surface area contributed by atoms with Crippen LogP contribution in [0, 0.1) is 6.92 Å². The molecule has 1 aliphatic rings. The Labute approximate surface area is 140 Å². The minimum atomic E-state index is -0.938. The van der Waals surface area contributed by atoms with E-state index < -0.39 is 5.97 Å². The molecule has 0 unspecified atom stereocenters. The zero-order valence-corrected chi connectivity index (χ0v) is 13.5. The molecule has 0 atom stereocenters. The third-order valence-electron chi connectivity index (χ3n) is 4.07. The number of amides is 1. The normalized spacial score (nSPS) is 13.4. The highest BCUT2D eigenvalue weighted by atomic mass is 16.4. The van der Waals surface area contributed by atoms with Crippen LogP contribution in [0.4, 0.5) is 5.69 Å². The number of carbonyl (C=O) groups is 2. The van der Waals surface area contributed by atoms with E-state index in [4.69, 9.17) is 5.11 Å². The Balaban J connectivity index is 1.71. The largest absolute Gasteiger partial charge is 0.478 e. The van der Waals surface area contributed by atoms with Crippen LogP contribution >= 0.6 is 0 Å². The molecule has 0 aromatic heterocycles. The summed E-state index contributed by atoms with van der Waals surface area (Å²) in [6.07, 6.45) is 2.12. The number of nitrogens with one attached hydrogen (secondary N) is 2. The Morgan fingerprint density at radius 1 is 1.12 bits per heavy atom. The molecule has 1 saturated carbocycles. The van der Waals surface area contributed by atoms with Gasteiger partial charge in [0.25, 0.3) is 5.91 Å². The minimum Gasteiger partial charge on any atom is -0.478 e. The van der Waals surface area contributed by atoms with Crippen molar-refractivity contribution in [3.8, 4) is 0 Å². The van der Waals surface area contributed by atoms with Gasteiger partial charge < -0.3 is 15.7 Å². The number of benzene rings is 2. The Kier molecular flexibility index (Phi) is 4.51. The summed E-state index contributed by atoms with van der Waals surface area (Å²) in [4.78, 5) is 23.2. The molecule has 0 saturated heterocycles. The van der Waals surface area contributed by atoms with Crippen LogP contribution in [0.15, 0.2) is 42.5 Å². The number of carboxylic acid groups (broad SMARTS) is 1.